The standard InChI is InChI=1S/C26H19ClFIN2O4/c1-14-6-7-18(13-21(14)27)31-25(33)20(24(32)30-26(31)34)10-16-11-22(29)19(23(12-16)35-2)9-15-4-3-5-17(28)8-15/h3-8,10-13H,9H2,1-2H3,(H,30,32,34)/b20-10+. The van der Waals surface area contributed by atoms with E-state index in [1.54, 1.807) is 37.3 Å². The number of nitrogens with zero attached hydrogens (tertiary/aromatic N) is 1. The molecule has 1 aliphatic rings. The quantitative estimate of drug-likeness (QED) is 0.232. The number of urea groups is 1. The van der Waals surface area contributed by atoms with Gasteiger partial charge in [0, 0.05) is 20.6 Å². The van der Waals surface area contributed by atoms with Gasteiger partial charge in [0.15, 0.2) is 0 Å². The summed E-state index contributed by atoms with van der Waals surface area (Å²) in [7, 11) is 1.51. The van der Waals surface area contributed by atoms with Crippen LogP contribution in [0.1, 0.15) is 22.3 Å². The lowest BCUT2D eigenvalue weighted by molar-refractivity contribution is -0.122. The van der Waals surface area contributed by atoms with Gasteiger partial charge in [-0.3, -0.25) is 14.9 Å². The Hall–Kier alpha value is -3.24. The summed E-state index contributed by atoms with van der Waals surface area (Å²) in [5, 5.41) is 2.59. The van der Waals surface area contributed by atoms with Crippen LogP contribution in [0.3, 0.4) is 0 Å². The molecule has 0 aliphatic carbocycles. The van der Waals surface area contributed by atoms with Crippen molar-refractivity contribution in [3.8, 4) is 5.75 Å². The summed E-state index contributed by atoms with van der Waals surface area (Å²) in [5.74, 6) is -1.37. The van der Waals surface area contributed by atoms with Crippen molar-refractivity contribution in [2.45, 2.75) is 13.3 Å². The number of carbonyl (C=O) groups excluding carboxylic acids is 3. The van der Waals surface area contributed by atoms with Gasteiger partial charge in [-0.1, -0.05) is 29.8 Å². The first kappa shape index (κ1) is 24.9. The van der Waals surface area contributed by atoms with Crippen molar-refractivity contribution < 1.29 is 23.5 Å². The number of nitrogens with one attached hydrogen (secondary N) is 1. The molecule has 0 bridgehead atoms. The molecule has 1 saturated heterocycles. The second kappa shape index (κ2) is 10.2. The Kier molecular flexibility index (Phi) is 7.23. The largest absolute Gasteiger partial charge is 0.496 e. The summed E-state index contributed by atoms with van der Waals surface area (Å²) in [6, 6.07) is 13.7. The van der Waals surface area contributed by atoms with Crippen molar-refractivity contribution in [1.29, 1.82) is 0 Å². The molecule has 0 atom stereocenters. The highest BCUT2D eigenvalue weighted by Crippen LogP contribution is 2.31. The van der Waals surface area contributed by atoms with Crippen molar-refractivity contribution in [1.82, 2.24) is 5.32 Å². The van der Waals surface area contributed by atoms with Gasteiger partial charge in [-0.2, -0.15) is 0 Å². The van der Waals surface area contributed by atoms with Gasteiger partial charge in [-0.25, -0.2) is 14.1 Å². The Labute approximate surface area is 219 Å². The number of ether oxygens (including phenoxy) is 1. The molecular formula is C26H19ClFIN2O4. The van der Waals surface area contributed by atoms with Crippen LogP contribution in [0.2, 0.25) is 5.02 Å². The second-order valence-electron chi connectivity index (χ2n) is 7.88. The molecule has 3 aromatic rings. The number of rotatable bonds is 5. The molecule has 6 nitrogen and oxygen atoms in total. The van der Waals surface area contributed by atoms with E-state index in [0.717, 1.165) is 25.2 Å². The van der Waals surface area contributed by atoms with E-state index >= 15 is 0 Å². The van der Waals surface area contributed by atoms with Crippen LogP contribution in [0.5, 0.6) is 5.75 Å². The highest BCUT2D eigenvalue weighted by Gasteiger charge is 2.37. The maximum Gasteiger partial charge on any atom is 0.335 e. The predicted molar refractivity (Wildman–Crippen MR) is 140 cm³/mol. The molecule has 35 heavy (non-hydrogen) atoms. The van der Waals surface area contributed by atoms with Gasteiger partial charge in [-0.05, 0) is 88.7 Å². The first-order valence-electron chi connectivity index (χ1n) is 10.5. The van der Waals surface area contributed by atoms with Gasteiger partial charge in [0.2, 0.25) is 0 Å². The van der Waals surface area contributed by atoms with Crippen molar-refractivity contribution >= 4 is 63.8 Å². The number of carbonyl (C=O) groups is 3. The molecule has 0 unspecified atom stereocenters. The number of hydrogen-bond donors (Lipinski definition) is 1. The number of hydrogen-bond acceptors (Lipinski definition) is 4. The summed E-state index contributed by atoms with van der Waals surface area (Å²) in [4.78, 5) is 39.1. The lowest BCUT2D eigenvalue weighted by atomic mass is 10.0. The van der Waals surface area contributed by atoms with Crippen LogP contribution in [-0.2, 0) is 16.0 Å². The van der Waals surface area contributed by atoms with Crippen LogP contribution in [-0.4, -0.2) is 25.0 Å². The molecule has 4 amide bonds. The average molecular weight is 605 g/mol. The lowest BCUT2D eigenvalue weighted by Gasteiger charge is -2.26. The van der Waals surface area contributed by atoms with Crippen LogP contribution in [0.25, 0.3) is 6.08 Å². The zero-order valence-electron chi connectivity index (χ0n) is 18.7. The SMILES string of the molecule is COc1cc(/C=C2\C(=O)NC(=O)N(c3ccc(C)c(Cl)c3)C2=O)cc(I)c1Cc1cccc(F)c1. The van der Waals surface area contributed by atoms with E-state index in [1.807, 2.05) is 6.07 Å². The molecule has 0 spiro atoms. The summed E-state index contributed by atoms with van der Waals surface area (Å²) in [5.41, 5.74) is 2.97. The van der Waals surface area contributed by atoms with E-state index in [1.165, 1.54) is 31.4 Å². The zero-order valence-corrected chi connectivity index (χ0v) is 21.6. The number of halogens is 3. The average Bonchev–Trinajstić information content (AvgIpc) is 2.80. The van der Waals surface area contributed by atoms with Crippen molar-refractivity contribution in [3.63, 3.8) is 0 Å². The lowest BCUT2D eigenvalue weighted by Crippen LogP contribution is -2.54. The molecule has 178 valence electrons. The molecule has 3 aromatic carbocycles. The number of benzene rings is 3. The van der Waals surface area contributed by atoms with E-state index in [2.05, 4.69) is 27.9 Å². The summed E-state index contributed by atoms with van der Waals surface area (Å²) in [6.45, 7) is 1.80. The summed E-state index contributed by atoms with van der Waals surface area (Å²) >= 11 is 8.30. The normalized spacial score (nSPS) is 14.9. The Morgan fingerprint density at radius 3 is 2.57 bits per heavy atom. The number of aryl methyl sites for hydroxylation is 1. The van der Waals surface area contributed by atoms with Crippen LogP contribution >= 0.6 is 34.2 Å². The van der Waals surface area contributed by atoms with Crippen LogP contribution < -0.4 is 15.0 Å². The zero-order chi connectivity index (χ0) is 25.3. The summed E-state index contributed by atoms with van der Waals surface area (Å²) < 4.78 is 20.0. The maximum atomic E-state index is 13.6. The minimum atomic E-state index is -0.852. The molecule has 4 rings (SSSR count). The van der Waals surface area contributed by atoms with Crippen molar-refractivity contribution in [2.24, 2.45) is 0 Å². The number of methoxy groups -OCH3 is 1. The van der Waals surface area contributed by atoms with Gasteiger partial charge < -0.3 is 4.74 Å². The molecule has 0 saturated carbocycles. The molecule has 1 aliphatic heterocycles. The molecule has 9 heteroatoms. The first-order chi connectivity index (χ1) is 16.7. The third kappa shape index (κ3) is 5.23. The van der Waals surface area contributed by atoms with Gasteiger partial charge in [-0.15, -0.1) is 0 Å². The minimum Gasteiger partial charge on any atom is -0.496 e. The second-order valence-corrected chi connectivity index (χ2v) is 9.45. The molecule has 0 aromatic heterocycles. The van der Waals surface area contributed by atoms with Gasteiger partial charge in [0.25, 0.3) is 11.8 Å². The van der Waals surface area contributed by atoms with Crippen molar-refractivity contribution in [3.05, 3.63) is 96.8 Å². The van der Waals surface area contributed by atoms with E-state index in [-0.39, 0.29) is 17.1 Å². The molecule has 1 fully saturated rings. The van der Waals surface area contributed by atoms with Crippen LogP contribution in [0, 0.1) is 16.3 Å². The molecule has 1 heterocycles. The fraction of sp³-hybridized carbons (Fsp3) is 0.115. The third-order valence-corrected chi connectivity index (χ3v) is 6.86. The number of anilines is 1. The fourth-order valence-electron chi connectivity index (χ4n) is 3.70. The highest BCUT2D eigenvalue weighted by atomic mass is 127. The monoisotopic (exact) mass is 604 g/mol. The Morgan fingerprint density at radius 1 is 1.11 bits per heavy atom. The molecule has 0 radical (unpaired) electrons. The van der Waals surface area contributed by atoms with Gasteiger partial charge >= 0.3 is 6.03 Å². The Morgan fingerprint density at radius 2 is 1.89 bits per heavy atom. The van der Waals surface area contributed by atoms with E-state index in [4.69, 9.17) is 16.3 Å². The van der Waals surface area contributed by atoms with Crippen molar-refractivity contribution in [2.75, 3.05) is 12.0 Å². The van der Waals surface area contributed by atoms with Crippen LogP contribution in [0.15, 0.2) is 60.2 Å². The smallest absolute Gasteiger partial charge is 0.335 e. The van der Waals surface area contributed by atoms with Gasteiger partial charge in [0.05, 0.1) is 12.8 Å². The fourth-order valence-corrected chi connectivity index (χ4v) is 4.69. The highest BCUT2D eigenvalue weighted by molar-refractivity contribution is 14.1. The number of barbiturate groups is 1. The molecular weight excluding hydrogens is 586 g/mol. The van der Waals surface area contributed by atoms with Gasteiger partial charge in [0.1, 0.15) is 17.1 Å². The van der Waals surface area contributed by atoms with E-state index in [0.29, 0.717) is 22.8 Å². The maximum absolute atomic E-state index is 13.6. The number of amides is 4. The Balaban J connectivity index is 1.71. The van der Waals surface area contributed by atoms with E-state index in [9.17, 15) is 18.8 Å². The number of imide groups is 2. The van der Waals surface area contributed by atoms with E-state index < -0.39 is 17.8 Å². The third-order valence-electron chi connectivity index (χ3n) is 5.49. The first-order valence-corrected chi connectivity index (χ1v) is 11.9. The Bertz CT molecular complexity index is 1410. The van der Waals surface area contributed by atoms with Crippen LogP contribution in [0.4, 0.5) is 14.9 Å². The topological polar surface area (TPSA) is 75.7 Å². The summed E-state index contributed by atoms with van der Waals surface area (Å²) in [6.07, 6.45) is 1.84. The minimum absolute atomic E-state index is 0.211. The molecule has 1 N–H and O–H groups in total. The predicted octanol–water partition coefficient (Wildman–Crippen LogP) is 5.66.